The fourth-order valence-electron chi connectivity index (χ4n) is 3.49. The number of fused-ring (bicyclic) bond motifs is 1. The van der Waals surface area contributed by atoms with E-state index in [2.05, 4.69) is 19.9 Å². The number of thiazole rings is 1. The van der Waals surface area contributed by atoms with Crippen molar-refractivity contribution in [3.63, 3.8) is 0 Å². The van der Waals surface area contributed by atoms with Crippen LogP contribution in [0.15, 0.2) is 24.7 Å². The summed E-state index contributed by atoms with van der Waals surface area (Å²) in [7, 11) is -0.346. The normalized spacial score (nSPS) is 19.3. The smallest absolute Gasteiger partial charge is 0.356 e. The van der Waals surface area contributed by atoms with Gasteiger partial charge in [0.15, 0.2) is 10.8 Å². The zero-order valence-electron chi connectivity index (χ0n) is 15.1. The molecule has 0 bridgehead atoms. The van der Waals surface area contributed by atoms with Gasteiger partial charge < -0.3 is 4.90 Å². The summed E-state index contributed by atoms with van der Waals surface area (Å²) in [5.74, 6) is 2.46. The summed E-state index contributed by atoms with van der Waals surface area (Å²) in [6, 6.07) is 1.82. The van der Waals surface area contributed by atoms with Gasteiger partial charge in [0.25, 0.3) is 0 Å². The third-order valence-corrected chi connectivity index (χ3v) is 6.70. The van der Waals surface area contributed by atoms with Crippen molar-refractivity contribution in [3.05, 3.63) is 29.5 Å². The first-order valence-corrected chi connectivity index (χ1v) is 11.4. The van der Waals surface area contributed by atoms with Gasteiger partial charge in [-0.2, -0.15) is 13.2 Å². The first-order valence-electron chi connectivity index (χ1n) is 8.77. The van der Waals surface area contributed by atoms with Gasteiger partial charge in [-0.15, -0.1) is 10.7 Å². The lowest BCUT2D eigenvalue weighted by atomic mass is 10.0. The van der Waals surface area contributed by atoms with Gasteiger partial charge >= 0.3 is 6.18 Å². The topological polar surface area (TPSA) is 70.2 Å². The van der Waals surface area contributed by atoms with Gasteiger partial charge in [0.05, 0.1) is 6.20 Å². The number of alkyl halides is 3. The van der Waals surface area contributed by atoms with Crippen LogP contribution < -0.4 is 4.90 Å². The molecule has 4 rings (SSSR count). The predicted molar refractivity (Wildman–Crippen MR) is 105 cm³/mol. The first kappa shape index (κ1) is 19.3. The van der Waals surface area contributed by atoms with Crippen LogP contribution in [0, 0.1) is 10.7 Å². The molecule has 1 saturated heterocycles. The average molecular weight is 429 g/mol. The van der Waals surface area contributed by atoms with Gasteiger partial charge in [0.2, 0.25) is 0 Å². The lowest BCUT2D eigenvalue weighted by Crippen LogP contribution is -2.37. The molecule has 0 aliphatic carbocycles. The van der Waals surface area contributed by atoms with Crippen molar-refractivity contribution in [1.82, 2.24) is 19.4 Å². The number of hydrogen-bond donors (Lipinski definition) is 1. The maximum absolute atomic E-state index is 13.0. The molecular formula is C17H19F3N6S2. The molecule has 1 fully saturated rings. The Balaban J connectivity index is 1.63. The van der Waals surface area contributed by atoms with E-state index in [1.54, 1.807) is 6.20 Å². The lowest BCUT2D eigenvalue weighted by molar-refractivity contribution is -0.134. The van der Waals surface area contributed by atoms with Gasteiger partial charge in [-0.3, -0.25) is 9.18 Å². The predicted octanol–water partition coefficient (Wildman–Crippen LogP) is 4.10. The standard InChI is InChI=1S/C17H19F3N6S2/c1-28(21)10-11-3-2-6-25(8-11)14-4-5-22-15(24-14)12-7-23-16-26(12)9-13(27-16)17(18,19)20/h4-5,7,9,11,21H,2-3,6,8,10H2,1H3. The van der Waals surface area contributed by atoms with E-state index < -0.39 is 11.1 Å². The Bertz CT molecular complexity index is 1010. The van der Waals surface area contributed by atoms with Crippen LogP contribution in [0.2, 0.25) is 0 Å². The molecule has 2 atom stereocenters. The summed E-state index contributed by atoms with van der Waals surface area (Å²) in [6.07, 6.45) is 3.87. The van der Waals surface area contributed by atoms with Crippen molar-refractivity contribution in [2.45, 2.75) is 19.0 Å². The zero-order chi connectivity index (χ0) is 19.9. The van der Waals surface area contributed by atoms with Crippen molar-refractivity contribution >= 4 is 32.8 Å². The maximum Gasteiger partial charge on any atom is 0.427 e. The molecule has 4 heterocycles. The molecule has 1 aliphatic rings. The van der Waals surface area contributed by atoms with Crippen LogP contribution in [0.1, 0.15) is 17.7 Å². The number of nitrogens with one attached hydrogen (secondary N) is 1. The molecule has 6 nitrogen and oxygen atoms in total. The molecule has 0 amide bonds. The number of anilines is 1. The van der Waals surface area contributed by atoms with Crippen LogP contribution >= 0.6 is 11.3 Å². The van der Waals surface area contributed by atoms with E-state index in [4.69, 9.17) is 4.78 Å². The second-order valence-electron chi connectivity index (χ2n) is 6.89. The SMILES string of the molecule is CS(=N)CC1CCCN(c2ccnc(-c3cnc4sc(C(F)(F)F)cn34)n2)C1. The van der Waals surface area contributed by atoms with Crippen molar-refractivity contribution in [2.24, 2.45) is 5.92 Å². The van der Waals surface area contributed by atoms with Crippen LogP contribution in [0.5, 0.6) is 0 Å². The number of imidazole rings is 1. The van der Waals surface area contributed by atoms with E-state index in [0.717, 1.165) is 43.7 Å². The largest absolute Gasteiger partial charge is 0.427 e. The van der Waals surface area contributed by atoms with Gasteiger partial charge in [-0.05, 0) is 31.1 Å². The molecule has 2 unspecified atom stereocenters. The number of piperidine rings is 1. The molecule has 3 aromatic rings. The van der Waals surface area contributed by atoms with Gasteiger partial charge in [0.1, 0.15) is 16.4 Å². The minimum absolute atomic E-state index is 0.264. The van der Waals surface area contributed by atoms with Crippen LogP contribution in [-0.4, -0.2) is 44.5 Å². The van der Waals surface area contributed by atoms with Crippen LogP contribution in [0.25, 0.3) is 16.5 Å². The van der Waals surface area contributed by atoms with Crippen molar-refractivity contribution in [1.29, 1.82) is 4.78 Å². The fourth-order valence-corrected chi connectivity index (χ4v) is 5.30. The molecule has 11 heteroatoms. The molecule has 0 radical (unpaired) electrons. The van der Waals surface area contributed by atoms with Gasteiger partial charge in [0, 0.05) is 31.2 Å². The molecule has 150 valence electrons. The third kappa shape index (κ3) is 3.90. The van der Waals surface area contributed by atoms with E-state index in [0.29, 0.717) is 28.8 Å². The number of aromatic nitrogens is 4. The molecule has 0 spiro atoms. The Kier molecular flexibility index (Phi) is 5.13. The monoisotopic (exact) mass is 428 g/mol. The molecule has 3 aromatic heterocycles. The summed E-state index contributed by atoms with van der Waals surface area (Å²) in [4.78, 5) is 14.7. The molecule has 0 saturated carbocycles. The van der Waals surface area contributed by atoms with E-state index in [1.165, 1.54) is 10.6 Å². The summed E-state index contributed by atoms with van der Waals surface area (Å²) < 4.78 is 48.2. The lowest BCUT2D eigenvalue weighted by Gasteiger charge is -2.33. The summed E-state index contributed by atoms with van der Waals surface area (Å²) in [5, 5.41) is 0. The molecule has 1 N–H and O–H groups in total. The average Bonchev–Trinajstić information content (AvgIpc) is 3.22. The van der Waals surface area contributed by atoms with E-state index in [1.807, 2.05) is 12.3 Å². The van der Waals surface area contributed by atoms with Crippen molar-refractivity contribution in [2.75, 3.05) is 30.0 Å². The minimum Gasteiger partial charge on any atom is -0.356 e. The minimum atomic E-state index is -4.40. The summed E-state index contributed by atoms with van der Waals surface area (Å²) in [5.41, 5.74) is 0.443. The van der Waals surface area contributed by atoms with Crippen molar-refractivity contribution in [3.8, 4) is 11.5 Å². The highest BCUT2D eigenvalue weighted by Gasteiger charge is 2.34. The van der Waals surface area contributed by atoms with E-state index in [-0.39, 0.29) is 15.7 Å². The molecule has 28 heavy (non-hydrogen) atoms. The third-order valence-electron chi connectivity index (χ3n) is 4.69. The highest BCUT2D eigenvalue weighted by Crippen LogP contribution is 2.36. The second-order valence-corrected chi connectivity index (χ2v) is 9.50. The number of halogens is 3. The molecule has 0 aromatic carbocycles. The Morgan fingerprint density at radius 1 is 1.36 bits per heavy atom. The molecular weight excluding hydrogens is 409 g/mol. The number of rotatable bonds is 4. The fraction of sp³-hybridized carbons (Fsp3) is 0.471. The van der Waals surface area contributed by atoms with Crippen molar-refractivity contribution < 1.29 is 13.2 Å². The quantitative estimate of drug-likeness (QED) is 0.679. The summed E-state index contributed by atoms with van der Waals surface area (Å²) >= 11 is 0.602. The Labute approximate surface area is 166 Å². The van der Waals surface area contributed by atoms with Crippen LogP contribution in [0.4, 0.5) is 19.0 Å². The number of nitrogens with zero attached hydrogens (tertiary/aromatic N) is 5. The van der Waals surface area contributed by atoms with E-state index >= 15 is 0 Å². The summed E-state index contributed by atoms with van der Waals surface area (Å²) in [6.45, 7) is 1.71. The van der Waals surface area contributed by atoms with Gasteiger partial charge in [-0.1, -0.05) is 11.3 Å². The number of hydrogen-bond acceptors (Lipinski definition) is 6. The van der Waals surface area contributed by atoms with Crippen LogP contribution in [0.3, 0.4) is 0 Å². The Hall–Kier alpha value is -2.01. The van der Waals surface area contributed by atoms with Gasteiger partial charge in [-0.25, -0.2) is 15.0 Å². The second kappa shape index (κ2) is 7.43. The Morgan fingerprint density at radius 3 is 2.93 bits per heavy atom. The zero-order valence-corrected chi connectivity index (χ0v) is 16.7. The highest BCUT2D eigenvalue weighted by molar-refractivity contribution is 7.85. The van der Waals surface area contributed by atoms with E-state index in [9.17, 15) is 13.2 Å². The first-order chi connectivity index (χ1) is 13.3. The Morgan fingerprint density at radius 2 is 2.18 bits per heavy atom. The maximum atomic E-state index is 13.0. The van der Waals surface area contributed by atoms with Crippen LogP contribution in [-0.2, 0) is 16.9 Å². The molecule has 1 aliphatic heterocycles. The highest BCUT2D eigenvalue weighted by atomic mass is 32.2.